The summed E-state index contributed by atoms with van der Waals surface area (Å²) in [5.41, 5.74) is 2.27. The molecule has 3 nitrogen and oxygen atoms in total. The molecule has 0 N–H and O–H groups in total. The lowest BCUT2D eigenvalue weighted by atomic mass is 9.82. The fourth-order valence-corrected chi connectivity index (χ4v) is 5.48. The Bertz CT molecular complexity index is 829. The average molecular weight is 431 g/mol. The zero-order valence-corrected chi connectivity index (χ0v) is 18.2. The molecule has 2 saturated heterocycles. The van der Waals surface area contributed by atoms with Gasteiger partial charge in [-0.25, -0.2) is 0 Å². The first-order chi connectivity index (χ1) is 14.2. The minimum absolute atomic E-state index is 0.134. The number of anilines is 1. The Morgan fingerprint density at radius 1 is 1.03 bits per heavy atom. The molecule has 5 heteroatoms. The van der Waals surface area contributed by atoms with Crippen LogP contribution in [0.15, 0.2) is 54.6 Å². The van der Waals surface area contributed by atoms with E-state index in [9.17, 15) is 4.79 Å². The molecule has 0 spiro atoms. The zero-order valence-electron chi connectivity index (χ0n) is 16.6. The van der Waals surface area contributed by atoms with Crippen molar-refractivity contribution in [1.82, 2.24) is 4.90 Å². The van der Waals surface area contributed by atoms with E-state index >= 15 is 0 Å². The van der Waals surface area contributed by atoms with Crippen LogP contribution in [0, 0.1) is 0 Å². The fraction of sp³-hybridized carbons (Fsp3) is 0.458. The van der Waals surface area contributed by atoms with Gasteiger partial charge < -0.3 is 4.90 Å². The van der Waals surface area contributed by atoms with Gasteiger partial charge in [-0.15, -0.1) is 11.6 Å². The second kappa shape index (κ2) is 9.51. The minimum atomic E-state index is 0.134. The summed E-state index contributed by atoms with van der Waals surface area (Å²) in [5.74, 6) is 0.998. The zero-order chi connectivity index (χ0) is 20.2. The summed E-state index contributed by atoms with van der Waals surface area (Å²) in [7, 11) is 0. The molecule has 3 atom stereocenters. The molecule has 0 aliphatic carbocycles. The van der Waals surface area contributed by atoms with Crippen molar-refractivity contribution in [3.05, 3.63) is 65.2 Å². The molecule has 2 fully saturated rings. The number of piperidine rings is 2. The third-order valence-electron chi connectivity index (χ3n) is 6.43. The molecule has 0 bridgehead atoms. The van der Waals surface area contributed by atoms with Gasteiger partial charge in [0.1, 0.15) is 0 Å². The number of benzene rings is 2. The molecule has 2 aromatic carbocycles. The van der Waals surface area contributed by atoms with Crippen molar-refractivity contribution >= 4 is 34.8 Å². The fourth-order valence-electron chi connectivity index (χ4n) is 5.03. The van der Waals surface area contributed by atoms with Crippen LogP contribution in [0.1, 0.15) is 43.6 Å². The molecule has 0 aromatic heterocycles. The van der Waals surface area contributed by atoms with Gasteiger partial charge in [-0.2, -0.15) is 0 Å². The molecule has 2 heterocycles. The number of hydrogen-bond acceptors (Lipinski definition) is 2. The van der Waals surface area contributed by atoms with E-state index in [2.05, 4.69) is 17.0 Å². The second-order valence-electron chi connectivity index (χ2n) is 8.16. The smallest absolute Gasteiger partial charge is 0.228 e. The minimum Gasteiger partial charge on any atom is -0.309 e. The van der Waals surface area contributed by atoms with E-state index in [1.165, 1.54) is 5.56 Å². The molecular weight excluding hydrogens is 403 g/mol. The topological polar surface area (TPSA) is 23.6 Å². The Hall–Kier alpha value is -1.55. The van der Waals surface area contributed by atoms with Crippen LogP contribution in [0.25, 0.3) is 0 Å². The van der Waals surface area contributed by atoms with Gasteiger partial charge in [-0.05, 0) is 55.4 Å². The standard InChI is InChI=1S/C24H28Cl2N2O/c25-14-12-24(29)28(19-6-2-1-3-7-19)21-13-15-27-17-18(10-11-20(27)16-21)22-8-4-5-9-23(22)26/h1-9,18,20-21H,10-17H2/t18-,20+,21+/m1/s1. The van der Waals surface area contributed by atoms with E-state index < -0.39 is 0 Å². The largest absolute Gasteiger partial charge is 0.309 e. The maximum Gasteiger partial charge on any atom is 0.228 e. The van der Waals surface area contributed by atoms with E-state index in [0.717, 1.165) is 49.5 Å². The van der Waals surface area contributed by atoms with Crippen LogP contribution in [0.4, 0.5) is 5.69 Å². The Kier molecular flexibility index (Phi) is 6.79. The Morgan fingerprint density at radius 3 is 2.55 bits per heavy atom. The number of carbonyl (C=O) groups excluding carboxylic acids is 1. The summed E-state index contributed by atoms with van der Waals surface area (Å²) in [6, 6.07) is 19.1. The average Bonchev–Trinajstić information content (AvgIpc) is 2.75. The Balaban J connectivity index is 1.47. The first-order valence-corrected chi connectivity index (χ1v) is 11.5. The molecule has 29 heavy (non-hydrogen) atoms. The molecule has 154 valence electrons. The van der Waals surface area contributed by atoms with Crippen molar-refractivity contribution in [2.24, 2.45) is 0 Å². The lowest BCUT2D eigenvalue weighted by Crippen LogP contribution is -2.54. The SMILES string of the molecule is O=C(CCCl)N(c1ccccc1)[C@H]1CCN2C[C@H](c3ccccc3Cl)CC[C@H]2C1. The molecule has 4 rings (SSSR count). The predicted octanol–water partition coefficient (Wildman–Crippen LogP) is 5.71. The van der Waals surface area contributed by atoms with E-state index in [0.29, 0.717) is 24.3 Å². The Labute approximate surface area is 183 Å². The Morgan fingerprint density at radius 2 is 1.79 bits per heavy atom. The number of hydrogen-bond donors (Lipinski definition) is 0. The maximum atomic E-state index is 12.9. The summed E-state index contributed by atoms with van der Waals surface area (Å²) in [5, 5.41) is 0.882. The van der Waals surface area contributed by atoms with Gasteiger partial charge in [-0.3, -0.25) is 9.69 Å². The summed E-state index contributed by atoms with van der Waals surface area (Å²) in [6.45, 7) is 2.08. The van der Waals surface area contributed by atoms with Crippen LogP contribution in [0.5, 0.6) is 0 Å². The summed E-state index contributed by atoms with van der Waals surface area (Å²) in [4.78, 5) is 17.5. The van der Waals surface area contributed by atoms with Gasteiger partial charge in [0.15, 0.2) is 0 Å². The van der Waals surface area contributed by atoms with Gasteiger partial charge in [0.2, 0.25) is 5.91 Å². The predicted molar refractivity (Wildman–Crippen MR) is 121 cm³/mol. The highest BCUT2D eigenvalue weighted by Crippen LogP contribution is 2.38. The monoisotopic (exact) mass is 430 g/mol. The number of halogens is 2. The number of para-hydroxylation sites is 1. The van der Waals surface area contributed by atoms with Crippen molar-refractivity contribution in [2.75, 3.05) is 23.9 Å². The van der Waals surface area contributed by atoms with E-state index in [4.69, 9.17) is 23.2 Å². The lowest BCUT2D eigenvalue weighted by Gasteiger charge is -2.47. The van der Waals surface area contributed by atoms with Crippen LogP contribution in [0.2, 0.25) is 5.02 Å². The molecule has 2 aliphatic rings. The molecule has 0 radical (unpaired) electrons. The summed E-state index contributed by atoms with van der Waals surface area (Å²) >= 11 is 12.4. The number of nitrogens with zero attached hydrogens (tertiary/aromatic N) is 2. The number of fused-ring (bicyclic) bond motifs is 1. The third-order valence-corrected chi connectivity index (χ3v) is 6.97. The van der Waals surface area contributed by atoms with Gasteiger partial charge in [0, 0.05) is 48.2 Å². The maximum absolute atomic E-state index is 12.9. The molecule has 2 aromatic rings. The van der Waals surface area contributed by atoms with E-state index in [1.807, 2.05) is 47.4 Å². The first kappa shape index (κ1) is 20.7. The highest BCUT2D eigenvalue weighted by molar-refractivity contribution is 6.31. The van der Waals surface area contributed by atoms with Crippen molar-refractivity contribution in [2.45, 2.75) is 50.1 Å². The van der Waals surface area contributed by atoms with Crippen molar-refractivity contribution in [3.8, 4) is 0 Å². The summed E-state index contributed by atoms with van der Waals surface area (Å²) in [6.07, 6.45) is 4.71. The van der Waals surface area contributed by atoms with E-state index in [-0.39, 0.29) is 11.9 Å². The second-order valence-corrected chi connectivity index (χ2v) is 8.95. The number of rotatable bonds is 5. The van der Waals surface area contributed by atoms with Crippen LogP contribution in [-0.2, 0) is 4.79 Å². The third kappa shape index (κ3) is 4.63. The lowest BCUT2D eigenvalue weighted by molar-refractivity contribution is -0.119. The molecule has 0 unspecified atom stereocenters. The van der Waals surface area contributed by atoms with Gasteiger partial charge in [0.05, 0.1) is 0 Å². The number of alkyl halides is 1. The van der Waals surface area contributed by atoms with E-state index in [1.54, 1.807) is 0 Å². The van der Waals surface area contributed by atoms with Crippen LogP contribution < -0.4 is 4.90 Å². The van der Waals surface area contributed by atoms with Crippen LogP contribution in [0.3, 0.4) is 0 Å². The van der Waals surface area contributed by atoms with Crippen molar-refractivity contribution in [1.29, 1.82) is 0 Å². The van der Waals surface area contributed by atoms with Crippen LogP contribution in [-0.4, -0.2) is 41.9 Å². The van der Waals surface area contributed by atoms with Gasteiger partial charge in [-0.1, -0.05) is 48.0 Å². The normalized spacial score (nSPS) is 24.7. The van der Waals surface area contributed by atoms with Crippen LogP contribution >= 0.6 is 23.2 Å². The van der Waals surface area contributed by atoms with Crippen molar-refractivity contribution in [3.63, 3.8) is 0 Å². The summed E-state index contributed by atoms with van der Waals surface area (Å²) < 4.78 is 0. The molecule has 1 amide bonds. The quantitative estimate of drug-likeness (QED) is 0.566. The van der Waals surface area contributed by atoms with Gasteiger partial charge in [0.25, 0.3) is 0 Å². The van der Waals surface area contributed by atoms with Crippen molar-refractivity contribution < 1.29 is 4.79 Å². The number of amides is 1. The number of carbonyl (C=O) groups is 1. The van der Waals surface area contributed by atoms with Gasteiger partial charge >= 0.3 is 0 Å². The highest BCUT2D eigenvalue weighted by Gasteiger charge is 2.37. The molecule has 0 saturated carbocycles. The molecule has 2 aliphatic heterocycles. The highest BCUT2D eigenvalue weighted by atomic mass is 35.5. The molecular formula is C24H28Cl2N2O. The first-order valence-electron chi connectivity index (χ1n) is 10.6.